The summed E-state index contributed by atoms with van der Waals surface area (Å²) in [6, 6.07) is 41.4. The van der Waals surface area contributed by atoms with Crippen LogP contribution in [0.15, 0.2) is 194 Å². The van der Waals surface area contributed by atoms with Crippen molar-refractivity contribution in [3.8, 4) is 23.0 Å². The second-order valence-electron chi connectivity index (χ2n) is 21.5. The van der Waals surface area contributed by atoms with Crippen molar-refractivity contribution in [2.24, 2.45) is 0 Å². The maximum Gasteiger partial charge on any atom is 0.343 e. The molecule has 0 radical (unpaired) electrons. The molecule has 96 heavy (non-hydrogen) atoms. The van der Waals surface area contributed by atoms with Crippen molar-refractivity contribution in [3.63, 3.8) is 0 Å². The zero-order valence-electron chi connectivity index (χ0n) is 51.8. The van der Waals surface area contributed by atoms with Gasteiger partial charge in [0.15, 0.2) is 0 Å². The molecule has 7 heterocycles. The number of benzene rings is 8. The number of methoxy groups -OCH3 is 4. The van der Waals surface area contributed by atoms with Crippen LogP contribution >= 0.6 is 0 Å². The lowest BCUT2D eigenvalue weighted by atomic mass is 10.0. The van der Waals surface area contributed by atoms with Crippen molar-refractivity contribution in [2.45, 2.75) is 49.9 Å². The maximum atomic E-state index is 13.7. The van der Waals surface area contributed by atoms with E-state index in [0.717, 1.165) is 28.4 Å². The summed E-state index contributed by atoms with van der Waals surface area (Å²) < 4.78 is 42.3. The first-order valence-corrected chi connectivity index (χ1v) is 29.5. The van der Waals surface area contributed by atoms with Crippen LogP contribution in [-0.4, -0.2) is 124 Å². The summed E-state index contributed by atoms with van der Waals surface area (Å²) in [6.45, 7) is 0. The van der Waals surface area contributed by atoms with E-state index in [1.165, 1.54) is 146 Å². The predicted molar refractivity (Wildman–Crippen MR) is 339 cm³/mol. The van der Waals surface area contributed by atoms with Crippen molar-refractivity contribution in [1.82, 2.24) is 21.3 Å². The largest absolute Gasteiger partial charge is 0.467 e. The molecule has 4 atom stereocenters. The highest BCUT2D eigenvalue weighted by atomic mass is 16.6. The highest BCUT2D eigenvalue weighted by Gasteiger charge is 2.29. The fraction of sp³-hybridized carbons (Fsp3) is 0.167. The molecule has 7 aliphatic heterocycles. The Bertz CT molecular complexity index is 3760. The van der Waals surface area contributed by atoms with Crippen LogP contribution in [-0.2, 0) is 63.8 Å². The Balaban J connectivity index is 0.935. The number of esters is 8. The van der Waals surface area contributed by atoms with Gasteiger partial charge in [0.1, 0.15) is 47.2 Å². The first-order valence-electron chi connectivity index (χ1n) is 29.5. The van der Waals surface area contributed by atoms with E-state index < -0.39 is 95.6 Å². The van der Waals surface area contributed by atoms with Gasteiger partial charge in [0, 0.05) is 47.9 Å². The van der Waals surface area contributed by atoms with Crippen LogP contribution in [0.3, 0.4) is 0 Å². The molecule has 0 saturated heterocycles. The Hall–Kier alpha value is -12.6. The Labute approximate surface area is 548 Å². The van der Waals surface area contributed by atoms with E-state index in [9.17, 15) is 57.5 Å². The van der Waals surface area contributed by atoms with Crippen LogP contribution < -0.4 is 40.2 Å². The average Bonchev–Trinajstić information content (AvgIpc) is 3.10. The summed E-state index contributed by atoms with van der Waals surface area (Å²) in [6.07, 6.45) is -0.331. The van der Waals surface area contributed by atoms with Gasteiger partial charge in [-0.2, -0.15) is 0 Å². The molecule has 8 aromatic rings. The van der Waals surface area contributed by atoms with Gasteiger partial charge < -0.3 is 59.2 Å². The van der Waals surface area contributed by atoms with Crippen LogP contribution in [0.4, 0.5) is 0 Å². The SMILES string of the molecule is COC(=O)[C@@H]1Cc2ccc(cc2)OC(=O)c2cccc(c2)C(=O)Oc2ccc(cc2)C[C@@H](C(=O)OC)NC(=O)c2cccc(c2)C(=O)N[C@H](C(=O)OC)Cc2ccc(cc2)OC(=O)c2cccc(c2)C(=O)Oc2ccc(cc2)C[C@@H](C(=O)OC)NC(=O)c2cccc(c2)C(=O)N1. The lowest BCUT2D eigenvalue weighted by Gasteiger charge is -2.18. The van der Waals surface area contributed by atoms with Crippen molar-refractivity contribution in [1.29, 1.82) is 0 Å². The molecule has 4 N–H and O–H groups in total. The van der Waals surface area contributed by atoms with Gasteiger partial charge in [0.25, 0.3) is 23.6 Å². The molecular formula is C72H60N4O20. The van der Waals surface area contributed by atoms with Crippen LogP contribution in [0.2, 0.25) is 0 Å². The van der Waals surface area contributed by atoms with Gasteiger partial charge in [-0.1, -0.05) is 72.8 Å². The topological polar surface area (TPSA) is 327 Å². The summed E-state index contributed by atoms with van der Waals surface area (Å²) in [5.41, 5.74) is 1.97. The molecule has 488 valence electrons. The molecule has 24 nitrogen and oxygen atoms in total. The molecule has 8 aromatic carbocycles. The monoisotopic (exact) mass is 1300 g/mol. The number of hydrogen-bond donors (Lipinski definition) is 4. The molecule has 0 saturated carbocycles. The zero-order valence-corrected chi connectivity index (χ0v) is 51.8. The Morgan fingerprint density at radius 1 is 0.281 bits per heavy atom. The molecule has 7 aliphatic rings. The third kappa shape index (κ3) is 17.9. The van der Waals surface area contributed by atoms with Gasteiger partial charge in [-0.3, -0.25) is 19.2 Å². The molecule has 0 aliphatic carbocycles. The first-order chi connectivity index (χ1) is 46.3. The van der Waals surface area contributed by atoms with Crippen LogP contribution in [0.5, 0.6) is 23.0 Å². The first kappa shape index (κ1) is 67.8. The predicted octanol–water partition coefficient (Wildman–Crippen LogP) is 6.93. The lowest BCUT2D eigenvalue weighted by molar-refractivity contribution is -0.143. The van der Waals surface area contributed by atoms with E-state index in [1.807, 2.05) is 0 Å². The zero-order chi connectivity index (χ0) is 68.4. The molecule has 15 rings (SSSR count). The second-order valence-corrected chi connectivity index (χ2v) is 21.5. The Kier molecular flexibility index (Phi) is 22.3. The summed E-state index contributed by atoms with van der Waals surface area (Å²) >= 11 is 0. The molecule has 0 unspecified atom stereocenters. The summed E-state index contributed by atoms with van der Waals surface area (Å²) in [4.78, 5) is 161. The van der Waals surface area contributed by atoms with E-state index in [4.69, 9.17) is 37.9 Å². The fourth-order valence-corrected chi connectivity index (χ4v) is 9.84. The minimum Gasteiger partial charge on any atom is -0.467 e. The fourth-order valence-electron chi connectivity index (χ4n) is 9.84. The van der Waals surface area contributed by atoms with E-state index in [1.54, 1.807) is 48.5 Å². The maximum absolute atomic E-state index is 13.7. The van der Waals surface area contributed by atoms with E-state index in [0.29, 0.717) is 22.3 Å². The van der Waals surface area contributed by atoms with Gasteiger partial charge >= 0.3 is 47.8 Å². The minimum absolute atomic E-state index is 0.00314. The van der Waals surface area contributed by atoms with E-state index in [2.05, 4.69) is 21.3 Å². The summed E-state index contributed by atoms with van der Waals surface area (Å²) in [5, 5.41) is 10.5. The van der Waals surface area contributed by atoms with Crippen molar-refractivity contribution in [2.75, 3.05) is 28.4 Å². The normalized spacial score (nSPS) is 17.0. The van der Waals surface area contributed by atoms with Crippen LogP contribution in [0, 0.1) is 0 Å². The number of ether oxygens (including phenoxy) is 8. The van der Waals surface area contributed by atoms with Crippen molar-refractivity contribution in [3.05, 3.63) is 261 Å². The third-order valence-electron chi connectivity index (χ3n) is 14.9. The summed E-state index contributed by atoms with van der Waals surface area (Å²) in [5.74, 6) is -9.08. The van der Waals surface area contributed by atoms with Gasteiger partial charge in [-0.15, -0.1) is 0 Å². The van der Waals surface area contributed by atoms with E-state index >= 15 is 0 Å². The molecule has 0 fully saturated rings. The molecule has 24 heteroatoms. The molecule has 4 amide bonds. The number of carbonyl (C=O) groups excluding carboxylic acids is 12. The summed E-state index contributed by atoms with van der Waals surface area (Å²) in [7, 11) is 4.58. The average molecular weight is 1300 g/mol. The van der Waals surface area contributed by atoms with Crippen molar-refractivity contribution < 1.29 is 95.4 Å². The smallest absolute Gasteiger partial charge is 0.343 e. The molecular weight excluding hydrogens is 1240 g/mol. The van der Waals surface area contributed by atoms with Gasteiger partial charge in [-0.25, -0.2) is 38.4 Å². The number of rotatable bonds is 4. The number of hydrogen-bond acceptors (Lipinski definition) is 20. The lowest BCUT2D eigenvalue weighted by Crippen LogP contribution is -2.44. The Morgan fingerprint density at radius 2 is 0.458 bits per heavy atom. The van der Waals surface area contributed by atoms with Gasteiger partial charge in [0.05, 0.1) is 50.7 Å². The number of amides is 4. The second kappa shape index (κ2) is 31.6. The Morgan fingerprint density at radius 3 is 0.646 bits per heavy atom. The highest BCUT2D eigenvalue weighted by Crippen LogP contribution is 2.23. The highest BCUT2D eigenvalue weighted by molar-refractivity contribution is 6.04. The van der Waals surface area contributed by atoms with Gasteiger partial charge in [0.2, 0.25) is 0 Å². The molecule has 0 aromatic heterocycles. The van der Waals surface area contributed by atoms with Gasteiger partial charge in [-0.05, 0) is 144 Å². The number of carbonyl (C=O) groups is 12. The number of nitrogens with one attached hydrogen (secondary N) is 4. The van der Waals surface area contributed by atoms with Crippen LogP contribution in [0.25, 0.3) is 0 Å². The minimum atomic E-state index is -1.24. The quantitative estimate of drug-likeness (QED) is 0.0788. The standard InChI is InChI=1S/C72H60N4O20/c1-89-69(85)57-33-41-17-25-53(26-18-41)93-65(81)49-13-7-14-50(39-49)66(82)94-55-29-21-43(22-30-55)35-59(71(87)91-3)75-63(79)47-11-6-12-48(38-47)64(80)76-60(72(88)92-4)36-44-23-31-56(32-24-44)96-68(84)52-16-8-15-51(40-52)67(83)95-54-27-19-42(20-28-54)34-58(70(86)90-2)74-62(78)46-10-5-9-45(37-46)61(77)73-57/h5-32,37-40,57-60H,33-36H2,1-4H3,(H,73,77)(H,74,78)(H,75,79)(H,76,80)/t57-,58-,59-,60-/m0/s1. The van der Waals surface area contributed by atoms with Crippen molar-refractivity contribution >= 4 is 71.4 Å². The third-order valence-corrected chi connectivity index (χ3v) is 14.9. The molecule has 0 spiro atoms. The molecule has 16 bridgehead atoms. The van der Waals surface area contributed by atoms with E-state index in [-0.39, 0.29) is 93.2 Å². The van der Waals surface area contributed by atoms with Crippen LogP contribution in [0.1, 0.15) is 105 Å².